The van der Waals surface area contributed by atoms with Crippen LogP contribution in [0.25, 0.3) is 10.9 Å². The van der Waals surface area contributed by atoms with E-state index in [1.807, 2.05) is 25.1 Å². The van der Waals surface area contributed by atoms with Gasteiger partial charge in [-0.15, -0.1) is 0 Å². The highest BCUT2D eigenvalue weighted by atomic mass is 32.1. The second-order valence-electron chi connectivity index (χ2n) is 3.14. The molecular formula is C10H10N2S. The number of hydrogen-bond donors (Lipinski definition) is 2. The zero-order chi connectivity index (χ0) is 9.42. The van der Waals surface area contributed by atoms with Crippen LogP contribution in [0, 0.1) is 11.6 Å². The summed E-state index contributed by atoms with van der Waals surface area (Å²) in [6.07, 6.45) is 0. The van der Waals surface area contributed by atoms with Crippen LogP contribution in [0.15, 0.2) is 24.3 Å². The minimum atomic E-state index is 0.711. The molecule has 1 aromatic carbocycles. The molecule has 0 saturated heterocycles. The number of nitrogen functional groups attached to an aromatic ring is 1. The molecule has 0 unspecified atom stereocenters. The molecule has 1 aromatic heterocycles. The van der Waals surface area contributed by atoms with E-state index < -0.39 is 0 Å². The lowest BCUT2D eigenvalue weighted by Crippen LogP contribution is -1.90. The van der Waals surface area contributed by atoms with Gasteiger partial charge in [-0.05, 0) is 36.8 Å². The van der Waals surface area contributed by atoms with E-state index in [2.05, 4.69) is 11.1 Å². The van der Waals surface area contributed by atoms with Crippen molar-refractivity contribution in [3.05, 3.63) is 34.5 Å². The first kappa shape index (κ1) is 8.26. The lowest BCUT2D eigenvalue weighted by atomic mass is 10.1. The van der Waals surface area contributed by atoms with Crippen molar-refractivity contribution in [2.45, 2.75) is 6.92 Å². The molecule has 13 heavy (non-hydrogen) atoms. The van der Waals surface area contributed by atoms with Gasteiger partial charge in [0.1, 0.15) is 4.64 Å². The fourth-order valence-electron chi connectivity index (χ4n) is 1.45. The maximum absolute atomic E-state index is 5.85. The van der Waals surface area contributed by atoms with E-state index in [1.54, 1.807) is 0 Å². The van der Waals surface area contributed by atoms with Crippen LogP contribution in [0.2, 0.25) is 0 Å². The second-order valence-corrected chi connectivity index (χ2v) is 3.58. The number of aromatic nitrogens is 1. The van der Waals surface area contributed by atoms with Gasteiger partial charge in [-0.2, -0.15) is 0 Å². The number of aromatic amines is 1. The Morgan fingerprint density at radius 2 is 2.08 bits per heavy atom. The fourth-order valence-corrected chi connectivity index (χ4v) is 1.62. The molecule has 0 aliphatic rings. The van der Waals surface area contributed by atoms with Gasteiger partial charge in [0.2, 0.25) is 0 Å². The van der Waals surface area contributed by atoms with Crippen LogP contribution >= 0.6 is 12.2 Å². The molecular weight excluding hydrogens is 180 g/mol. The molecule has 0 aliphatic carbocycles. The summed E-state index contributed by atoms with van der Waals surface area (Å²) in [6.45, 7) is 2.03. The van der Waals surface area contributed by atoms with Gasteiger partial charge >= 0.3 is 0 Å². The standard InChI is InChI=1S/C10H10N2S/c1-6-4-7-2-3-9(13)12-10(7)8(11)5-6/h2-5H,11H2,1H3,(H,12,13). The van der Waals surface area contributed by atoms with Gasteiger partial charge in [0.05, 0.1) is 11.2 Å². The van der Waals surface area contributed by atoms with Crippen molar-refractivity contribution in [3.8, 4) is 0 Å². The third-order valence-corrected chi connectivity index (χ3v) is 2.24. The van der Waals surface area contributed by atoms with Crippen LogP contribution < -0.4 is 5.73 Å². The number of benzene rings is 1. The molecule has 0 atom stereocenters. The first-order valence-electron chi connectivity index (χ1n) is 4.06. The van der Waals surface area contributed by atoms with Gasteiger partial charge in [0.15, 0.2) is 0 Å². The van der Waals surface area contributed by atoms with Gasteiger partial charge in [-0.3, -0.25) is 0 Å². The van der Waals surface area contributed by atoms with E-state index in [9.17, 15) is 0 Å². The van der Waals surface area contributed by atoms with Crippen LogP contribution in [0.5, 0.6) is 0 Å². The third kappa shape index (κ3) is 1.42. The first-order valence-corrected chi connectivity index (χ1v) is 4.47. The molecule has 0 amide bonds. The summed E-state index contributed by atoms with van der Waals surface area (Å²) in [6, 6.07) is 7.87. The molecule has 2 aromatic rings. The Kier molecular flexibility index (Phi) is 1.81. The highest BCUT2D eigenvalue weighted by Crippen LogP contribution is 2.20. The van der Waals surface area contributed by atoms with Crippen molar-refractivity contribution >= 4 is 28.8 Å². The molecule has 0 aliphatic heterocycles. The van der Waals surface area contributed by atoms with E-state index >= 15 is 0 Å². The Bertz CT molecular complexity index is 514. The quantitative estimate of drug-likeness (QED) is 0.495. The van der Waals surface area contributed by atoms with Crippen molar-refractivity contribution in [1.82, 2.24) is 4.98 Å². The molecule has 2 nitrogen and oxygen atoms in total. The van der Waals surface area contributed by atoms with Gasteiger partial charge in [0, 0.05) is 5.39 Å². The highest BCUT2D eigenvalue weighted by molar-refractivity contribution is 7.71. The molecule has 0 radical (unpaired) electrons. The van der Waals surface area contributed by atoms with Crippen molar-refractivity contribution < 1.29 is 0 Å². The second kappa shape index (κ2) is 2.85. The Labute approximate surface area is 81.4 Å². The molecule has 66 valence electrons. The minimum Gasteiger partial charge on any atom is -0.397 e. The molecule has 3 heteroatoms. The number of fused-ring (bicyclic) bond motifs is 1. The van der Waals surface area contributed by atoms with Gasteiger partial charge in [-0.25, -0.2) is 0 Å². The van der Waals surface area contributed by atoms with Gasteiger partial charge in [-0.1, -0.05) is 12.2 Å². The Balaban J connectivity index is 2.95. The van der Waals surface area contributed by atoms with Crippen molar-refractivity contribution in [1.29, 1.82) is 0 Å². The summed E-state index contributed by atoms with van der Waals surface area (Å²) >= 11 is 5.02. The summed E-state index contributed by atoms with van der Waals surface area (Å²) in [4.78, 5) is 3.08. The average Bonchev–Trinajstić information content (AvgIpc) is 2.06. The summed E-state index contributed by atoms with van der Waals surface area (Å²) in [5.74, 6) is 0. The SMILES string of the molecule is Cc1cc(N)c2[nH]c(=S)ccc2c1. The van der Waals surface area contributed by atoms with Crippen molar-refractivity contribution in [2.75, 3.05) is 5.73 Å². The normalized spacial score (nSPS) is 10.5. The Morgan fingerprint density at radius 1 is 1.31 bits per heavy atom. The van der Waals surface area contributed by atoms with Crippen LogP contribution in [0.4, 0.5) is 5.69 Å². The van der Waals surface area contributed by atoms with Crippen LogP contribution in [0.1, 0.15) is 5.56 Å². The number of pyridine rings is 1. The third-order valence-electron chi connectivity index (χ3n) is 2.01. The van der Waals surface area contributed by atoms with E-state index in [1.165, 1.54) is 0 Å². The van der Waals surface area contributed by atoms with E-state index in [-0.39, 0.29) is 0 Å². The number of rotatable bonds is 0. The Hall–Kier alpha value is -1.35. The maximum atomic E-state index is 5.85. The maximum Gasteiger partial charge on any atom is 0.103 e. The molecule has 2 rings (SSSR count). The predicted molar refractivity (Wildman–Crippen MR) is 58.3 cm³/mol. The largest absolute Gasteiger partial charge is 0.397 e. The molecule has 3 N–H and O–H groups in total. The number of anilines is 1. The smallest absolute Gasteiger partial charge is 0.103 e. The van der Waals surface area contributed by atoms with Gasteiger partial charge in [0.25, 0.3) is 0 Å². The summed E-state index contributed by atoms with van der Waals surface area (Å²) in [5.41, 5.74) is 8.69. The zero-order valence-electron chi connectivity index (χ0n) is 7.29. The molecule has 0 spiro atoms. The van der Waals surface area contributed by atoms with E-state index in [0.29, 0.717) is 4.64 Å². The monoisotopic (exact) mass is 190 g/mol. The number of nitrogens with one attached hydrogen (secondary N) is 1. The average molecular weight is 190 g/mol. The summed E-state index contributed by atoms with van der Waals surface area (Å²) in [5, 5.41) is 1.10. The van der Waals surface area contributed by atoms with Gasteiger partial charge < -0.3 is 10.7 Å². The topological polar surface area (TPSA) is 41.8 Å². The fraction of sp³-hybridized carbons (Fsp3) is 0.100. The van der Waals surface area contributed by atoms with Crippen molar-refractivity contribution in [2.24, 2.45) is 0 Å². The lowest BCUT2D eigenvalue weighted by molar-refractivity contribution is 1.37. The van der Waals surface area contributed by atoms with E-state index in [0.717, 1.165) is 22.2 Å². The number of H-pyrrole nitrogens is 1. The van der Waals surface area contributed by atoms with Crippen molar-refractivity contribution in [3.63, 3.8) is 0 Å². The zero-order valence-corrected chi connectivity index (χ0v) is 8.11. The minimum absolute atomic E-state index is 0.711. The Morgan fingerprint density at radius 3 is 2.85 bits per heavy atom. The van der Waals surface area contributed by atoms with Crippen LogP contribution in [-0.4, -0.2) is 4.98 Å². The molecule has 0 fully saturated rings. The molecule has 1 heterocycles. The van der Waals surface area contributed by atoms with Crippen LogP contribution in [-0.2, 0) is 0 Å². The summed E-state index contributed by atoms with van der Waals surface area (Å²) < 4.78 is 0.711. The predicted octanol–water partition coefficient (Wildman–Crippen LogP) is 2.79. The number of nitrogens with two attached hydrogens (primary N) is 1. The number of aryl methyl sites for hydroxylation is 1. The van der Waals surface area contributed by atoms with Crippen LogP contribution in [0.3, 0.4) is 0 Å². The lowest BCUT2D eigenvalue weighted by Gasteiger charge is -2.03. The molecule has 0 saturated carbocycles. The van der Waals surface area contributed by atoms with E-state index in [4.69, 9.17) is 18.0 Å². The summed E-state index contributed by atoms with van der Waals surface area (Å²) in [7, 11) is 0. The molecule has 0 bridgehead atoms. The first-order chi connectivity index (χ1) is 6.16. The highest BCUT2D eigenvalue weighted by Gasteiger charge is 1.98. The number of hydrogen-bond acceptors (Lipinski definition) is 2.